The van der Waals surface area contributed by atoms with E-state index in [1.54, 1.807) is 19.9 Å². The normalized spacial score (nSPS) is 16.9. The standard InChI is InChI=1S/C22H23FN4O3S2/c1-13-10-14(2)19(15(3)11-13)32(29,30)27-9-5-8-18(27)21-25-26-22(31-21)20(28)24-17-7-4-6-16(23)12-17/h4,6-7,10-12,18H,5,8-9H2,1-3H3,(H,24,28)/t18-/m1/s1. The Kier molecular flexibility index (Phi) is 6.11. The van der Waals surface area contributed by atoms with Gasteiger partial charge in [-0.05, 0) is 62.9 Å². The minimum absolute atomic E-state index is 0.0937. The zero-order valence-corrected chi connectivity index (χ0v) is 19.6. The summed E-state index contributed by atoms with van der Waals surface area (Å²) < 4.78 is 41.9. The van der Waals surface area contributed by atoms with Crippen LogP contribution in [-0.4, -0.2) is 35.4 Å². The molecule has 1 aromatic heterocycles. The van der Waals surface area contributed by atoms with E-state index in [2.05, 4.69) is 15.5 Å². The molecule has 2 aromatic carbocycles. The summed E-state index contributed by atoms with van der Waals surface area (Å²) in [5.74, 6) is -0.980. The van der Waals surface area contributed by atoms with Gasteiger partial charge in [0.1, 0.15) is 10.8 Å². The smallest absolute Gasteiger partial charge is 0.286 e. The first kappa shape index (κ1) is 22.5. The lowest BCUT2D eigenvalue weighted by atomic mass is 10.1. The highest BCUT2D eigenvalue weighted by molar-refractivity contribution is 7.89. The first-order valence-corrected chi connectivity index (χ1v) is 12.4. The molecule has 2 heterocycles. The summed E-state index contributed by atoms with van der Waals surface area (Å²) >= 11 is 1.05. The van der Waals surface area contributed by atoms with E-state index in [0.29, 0.717) is 46.1 Å². The third kappa shape index (κ3) is 4.30. The average molecular weight is 475 g/mol. The molecule has 1 atom stereocenters. The Balaban J connectivity index is 1.59. The van der Waals surface area contributed by atoms with Crippen molar-refractivity contribution in [1.29, 1.82) is 0 Å². The van der Waals surface area contributed by atoms with Gasteiger partial charge in [0.15, 0.2) is 0 Å². The van der Waals surface area contributed by atoms with Gasteiger partial charge in [-0.2, -0.15) is 4.31 Å². The Labute approximate surface area is 190 Å². The maximum atomic E-state index is 13.6. The van der Waals surface area contributed by atoms with Crippen molar-refractivity contribution in [3.8, 4) is 0 Å². The van der Waals surface area contributed by atoms with Crippen LogP contribution in [0, 0.1) is 26.6 Å². The Morgan fingerprint density at radius 1 is 1.16 bits per heavy atom. The predicted octanol–water partition coefficient (Wildman–Crippen LogP) is 4.38. The van der Waals surface area contributed by atoms with Crippen molar-refractivity contribution >= 4 is 33.0 Å². The number of hydrogen-bond acceptors (Lipinski definition) is 6. The largest absolute Gasteiger partial charge is 0.320 e. The van der Waals surface area contributed by atoms with Crippen LogP contribution in [0.25, 0.3) is 0 Å². The summed E-state index contributed by atoms with van der Waals surface area (Å²) in [6.07, 6.45) is 1.29. The monoisotopic (exact) mass is 474 g/mol. The molecule has 1 aliphatic heterocycles. The maximum absolute atomic E-state index is 13.6. The lowest BCUT2D eigenvalue weighted by Gasteiger charge is -2.24. The van der Waals surface area contributed by atoms with E-state index in [4.69, 9.17) is 0 Å². The molecule has 1 N–H and O–H groups in total. The zero-order valence-electron chi connectivity index (χ0n) is 17.9. The summed E-state index contributed by atoms with van der Waals surface area (Å²) in [4.78, 5) is 12.8. The SMILES string of the molecule is Cc1cc(C)c(S(=O)(=O)N2CCC[C@@H]2c2nnc(C(=O)Nc3cccc(F)c3)s2)c(C)c1. The van der Waals surface area contributed by atoms with Crippen LogP contribution < -0.4 is 5.32 Å². The van der Waals surface area contributed by atoms with Crippen molar-refractivity contribution in [1.82, 2.24) is 14.5 Å². The van der Waals surface area contributed by atoms with E-state index in [0.717, 1.165) is 16.9 Å². The molecular weight excluding hydrogens is 451 g/mol. The second kappa shape index (κ2) is 8.68. The van der Waals surface area contributed by atoms with Crippen LogP contribution in [0.2, 0.25) is 0 Å². The average Bonchev–Trinajstić information content (AvgIpc) is 3.37. The quantitative estimate of drug-likeness (QED) is 0.592. The van der Waals surface area contributed by atoms with Crippen molar-refractivity contribution in [3.05, 3.63) is 68.9 Å². The lowest BCUT2D eigenvalue weighted by molar-refractivity contribution is 0.102. The molecule has 1 fully saturated rings. The van der Waals surface area contributed by atoms with E-state index in [9.17, 15) is 17.6 Å². The number of carbonyl (C=O) groups is 1. The topological polar surface area (TPSA) is 92.3 Å². The number of benzene rings is 2. The minimum Gasteiger partial charge on any atom is -0.320 e. The van der Waals surface area contributed by atoms with Crippen molar-refractivity contribution in [2.24, 2.45) is 0 Å². The number of aromatic nitrogens is 2. The number of nitrogens with zero attached hydrogens (tertiary/aromatic N) is 3. The van der Waals surface area contributed by atoms with Crippen molar-refractivity contribution in [2.75, 3.05) is 11.9 Å². The number of anilines is 1. The first-order chi connectivity index (χ1) is 15.2. The second-order valence-electron chi connectivity index (χ2n) is 7.91. The fourth-order valence-electron chi connectivity index (χ4n) is 4.18. The van der Waals surface area contributed by atoms with Crippen molar-refractivity contribution in [2.45, 2.75) is 44.6 Å². The van der Waals surface area contributed by atoms with Gasteiger partial charge < -0.3 is 5.32 Å². The number of rotatable bonds is 5. The van der Waals surface area contributed by atoms with Crippen LogP contribution in [0.1, 0.15) is 50.4 Å². The Morgan fingerprint density at radius 2 is 1.88 bits per heavy atom. The van der Waals surface area contributed by atoms with E-state index in [1.165, 1.54) is 22.5 Å². The highest BCUT2D eigenvalue weighted by atomic mass is 32.2. The van der Waals surface area contributed by atoms with Crippen LogP contribution in [-0.2, 0) is 10.0 Å². The summed E-state index contributed by atoms with van der Waals surface area (Å²) in [7, 11) is -3.75. The number of sulfonamides is 1. The molecular formula is C22H23FN4O3S2. The van der Waals surface area contributed by atoms with Gasteiger partial charge in [-0.1, -0.05) is 35.1 Å². The van der Waals surface area contributed by atoms with E-state index in [1.807, 2.05) is 19.1 Å². The molecule has 1 amide bonds. The summed E-state index contributed by atoms with van der Waals surface area (Å²) in [5.41, 5.74) is 2.73. The molecule has 4 rings (SSSR count). The number of halogens is 1. The van der Waals surface area contributed by atoms with Crippen LogP contribution >= 0.6 is 11.3 Å². The summed E-state index contributed by atoms with van der Waals surface area (Å²) in [6.45, 7) is 5.92. The lowest BCUT2D eigenvalue weighted by Crippen LogP contribution is -2.31. The third-order valence-corrected chi connectivity index (χ3v) is 8.62. The Bertz CT molecular complexity index is 1270. The fraction of sp³-hybridized carbons (Fsp3) is 0.318. The zero-order chi connectivity index (χ0) is 23.0. The van der Waals surface area contributed by atoms with Gasteiger partial charge in [-0.3, -0.25) is 4.79 Å². The van der Waals surface area contributed by atoms with E-state index >= 15 is 0 Å². The van der Waals surface area contributed by atoms with Gasteiger partial charge in [-0.25, -0.2) is 12.8 Å². The second-order valence-corrected chi connectivity index (χ2v) is 10.7. The third-order valence-electron chi connectivity index (χ3n) is 5.38. The number of carbonyl (C=O) groups excluding carboxylic acids is 1. The molecule has 3 aromatic rings. The molecule has 0 radical (unpaired) electrons. The molecule has 0 spiro atoms. The van der Waals surface area contributed by atoms with Crippen LogP contribution in [0.3, 0.4) is 0 Å². The number of nitrogens with one attached hydrogen (secondary N) is 1. The van der Waals surface area contributed by atoms with E-state index < -0.39 is 27.8 Å². The van der Waals surface area contributed by atoms with Crippen LogP contribution in [0.4, 0.5) is 10.1 Å². The molecule has 168 valence electrons. The number of hydrogen-bond donors (Lipinski definition) is 1. The predicted molar refractivity (Wildman–Crippen MR) is 121 cm³/mol. The van der Waals surface area contributed by atoms with Gasteiger partial charge in [0.05, 0.1) is 10.9 Å². The summed E-state index contributed by atoms with van der Waals surface area (Å²) in [5, 5.41) is 11.2. The molecule has 0 aliphatic carbocycles. The van der Waals surface area contributed by atoms with Gasteiger partial charge in [0, 0.05) is 12.2 Å². The molecule has 32 heavy (non-hydrogen) atoms. The Morgan fingerprint density at radius 3 is 2.56 bits per heavy atom. The van der Waals surface area contributed by atoms with Crippen LogP contribution in [0.15, 0.2) is 41.3 Å². The molecule has 0 unspecified atom stereocenters. The highest BCUT2D eigenvalue weighted by Crippen LogP contribution is 2.39. The Hall–Kier alpha value is -2.69. The molecule has 0 saturated carbocycles. The summed E-state index contributed by atoms with van der Waals surface area (Å²) in [6, 6.07) is 8.80. The van der Waals surface area contributed by atoms with Gasteiger partial charge in [0.25, 0.3) is 5.91 Å². The van der Waals surface area contributed by atoms with Crippen molar-refractivity contribution < 1.29 is 17.6 Å². The molecule has 0 bridgehead atoms. The minimum atomic E-state index is -3.75. The van der Waals surface area contributed by atoms with Gasteiger partial charge >= 0.3 is 0 Å². The van der Waals surface area contributed by atoms with Crippen molar-refractivity contribution in [3.63, 3.8) is 0 Å². The highest BCUT2D eigenvalue weighted by Gasteiger charge is 2.39. The fourth-order valence-corrected chi connectivity index (χ4v) is 7.21. The van der Waals surface area contributed by atoms with Gasteiger partial charge in [-0.15, -0.1) is 10.2 Å². The van der Waals surface area contributed by atoms with E-state index in [-0.39, 0.29) is 5.01 Å². The maximum Gasteiger partial charge on any atom is 0.286 e. The van der Waals surface area contributed by atoms with Gasteiger partial charge in [0.2, 0.25) is 15.0 Å². The first-order valence-electron chi connectivity index (χ1n) is 10.2. The molecule has 7 nitrogen and oxygen atoms in total. The molecule has 1 saturated heterocycles. The molecule has 1 aliphatic rings. The molecule has 10 heteroatoms. The van der Waals surface area contributed by atoms with Crippen LogP contribution in [0.5, 0.6) is 0 Å². The number of amides is 1. The number of aryl methyl sites for hydroxylation is 3.